The first kappa shape index (κ1) is 18.7. The fraction of sp³-hybridized carbons (Fsp3) is 0.227. The van der Waals surface area contributed by atoms with Crippen molar-refractivity contribution in [3.05, 3.63) is 78.4 Å². The standard InChI is InChI=1S/C22H23N2O3P/c25-22(19-10-3-1-4-11-19)23-28(26,24-15-7-2-8-16-24)27-21-14-13-18-9-5-6-12-20(18)17-21/h1,3-6,9-14,17H,2,7-8,15-16H2,(H,23,25,26). The predicted octanol–water partition coefficient (Wildman–Crippen LogP) is 5.24. The zero-order chi connectivity index (χ0) is 19.4. The van der Waals surface area contributed by atoms with Gasteiger partial charge < -0.3 is 4.52 Å². The molecule has 144 valence electrons. The predicted molar refractivity (Wildman–Crippen MR) is 112 cm³/mol. The van der Waals surface area contributed by atoms with Crippen LogP contribution < -0.4 is 9.61 Å². The van der Waals surface area contributed by atoms with Gasteiger partial charge in [0.05, 0.1) is 0 Å². The van der Waals surface area contributed by atoms with Gasteiger partial charge in [0.15, 0.2) is 0 Å². The third-order valence-electron chi connectivity index (χ3n) is 4.93. The third-order valence-corrected chi connectivity index (χ3v) is 7.02. The van der Waals surface area contributed by atoms with E-state index in [2.05, 4.69) is 5.09 Å². The van der Waals surface area contributed by atoms with Gasteiger partial charge in [-0.1, -0.05) is 55.0 Å². The molecule has 1 aliphatic heterocycles. The van der Waals surface area contributed by atoms with E-state index in [9.17, 15) is 9.36 Å². The summed E-state index contributed by atoms with van der Waals surface area (Å²) in [5.74, 6) is 0.0938. The number of hydrogen-bond acceptors (Lipinski definition) is 3. The molecule has 6 heteroatoms. The molecule has 1 N–H and O–H groups in total. The fourth-order valence-corrected chi connectivity index (χ4v) is 5.34. The van der Waals surface area contributed by atoms with Gasteiger partial charge in [0, 0.05) is 18.7 Å². The number of carbonyl (C=O) groups is 1. The van der Waals surface area contributed by atoms with E-state index in [-0.39, 0.29) is 0 Å². The molecule has 0 saturated carbocycles. The topological polar surface area (TPSA) is 58.6 Å². The van der Waals surface area contributed by atoms with Gasteiger partial charge in [0.1, 0.15) is 5.75 Å². The molecular weight excluding hydrogens is 371 g/mol. The summed E-state index contributed by atoms with van der Waals surface area (Å²) >= 11 is 0. The van der Waals surface area contributed by atoms with E-state index in [1.165, 1.54) is 0 Å². The van der Waals surface area contributed by atoms with Crippen molar-refractivity contribution in [3.63, 3.8) is 0 Å². The molecule has 0 spiro atoms. The summed E-state index contributed by atoms with van der Waals surface area (Å²) < 4.78 is 21.6. The first-order valence-electron chi connectivity index (χ1n) is 9.56. The highest BCUT2D eigenvalue weighted by molar-refractivity contribution is 7.55. The van der Waals surface area contributed by atoms with Crippen LogP contribution in [0.25, 0.3) is 10.8 Å². The molecule has 0 aromatic heterocycles. The van der Waals surface area contributed by atoms with Crippen LogP contribution in [-0.2, 0) is 4.57 Å². The Morgan fingerprint density at radius 3 is 2.29 bits per heavy atom. The van der Waals surface area contributed by atoms with Crippen LogP contribution in [0.4, 0.5) is 0 Å². The van der Waals surface area contributed by atoms with Crippen molar-refractivity contribution in [1.29, 1.82) is 0 Å². The molecule has 1 aliphatic rings. The highest BCUT2D eigenvalue weighted by atomic mass is 31.2. The molecule has 1 unspecified atom stereocenters. The SMILES string of the molecule is O=C(NP(=O)(Oc1ccc2ccccc2c1)N1CCCCC1)c1ccccc1. The molecule has 0 radical (unpaired) electrons. The summed E-state index contributed by atoms with van der Waals surface area (Å²) in [6, 6.07) is 22.3. The monoisotopic (exact) mass is 394 g/mol. The lowest BCUT2D eigenvalue weighted by molar-refractivity contribution is 0.0972. The number of benzene rings is 3. The minimum atomic E-state index is -3.58. The summed E-state index contributed by atoms with van der Waals surface area (Å²) in [4.78, 5) is 12.7. The third kappa shape index (κ3) is 4.11. The van der Waals surface area contributed by atoms with E-state index in [1.54, 1.807) is 35.0 Å². The molecule has 1 saturated heterocycles. The number of rotatable bonds is 5. The first-order chi connectivity index (χ1) is 13.6. The zero-order valence-corrected chi connectivity index (χ0v) is 16.5. The van der Waals surface area contributed by atoms with Crippen molar-refractivity contribution < 1.29 is 13.9 Å². The Hall–Kier alpha value is -2.62. The van der Waals surface area contributed by atoms with E-state index < -0.39 is 13.6 Å². The summed E-state index contributed by atoms with van der Waals surface area (Å²) in [7, 11) is -3.58. The smallest absolute Gasteiger partial charge is 0.418 e. The average molecular weight is 394 g/mol. The second-order valence-electron chi connectivity index (χ2n) is 6.94. The lowest BCUT2D eigenvalue weighted by atomic mass is 10.1. The number of piperidine rings is 1. The molecular formula is C22H23N2O3P. The second-order valence-corrected chi connectivity index (χ2v) is 8.95. The molecule has 1 heterocycles. The normalized spacial score (nSPS) is 17.0. The van der Waals surface area contributed by atoms with Crippen molar-refractivity contribution in [3.8, 4) is 5.75 Å². The zero-order valence-electron chi connectivity index (χ0n) is 15.6. The van der Waals surface area contributed by atoms with Gasteiger partial charge in [0.25, 0.3) is 5.91 Å². The van der Waals surface area contributed by atoms with Gasteiger partial charge in [0.2, 0.25) is 0 Å². The molecule has 3 aromatic rings. The summed E-state index contributed by atoms with van der Waals surface area (Å²) in [5.41, 5.74) is 0.460. The van der Waals surface area contributed by atoms with Gasteiger partial charge in [-0.05, 0) is 47.9 Å². The van der Waals surface area contributed by atoms with Crippen LogP contribution >= 0.6 is 7.67 Å². The van der Waals surface area contributed by atoms with Crippen molar-refractivity contribution in [2.75, 3.05) is 13.1 Å². The van der Waals surface area contributed by atoms with E-state index in [4.69, 9.17) is 4.52 Å². The van der Waals surface area contributed by atoms with Crippen LogP contribution in [0.5, 0.6) is 5.75 Å². The van der Waals surface area contributed by atoms with E-state index in [1.807, 2.05) is 42.5 Å². The highest BCUT2D eigenvalue weighted by Crippen LogP contribution is 2.48. The van der Waals surface area contributed by atoms with Crippen molar-refractivity contribution in [1.82, 2.24) is 9.76 Å². The second kappa shape index (κ2) is 8.17. The number of fused-ring (bicyclic) bond motifs is 1. The van der Waals surface area contributed by atoms with Crippen LogP contribution in [0.15, 0.2) is 72.8 Å². The minimum absolute atomic E-state index is 0.393. The van der Waals surface area contributed by atoms with Crippen molar-refractivity contribution in [2.24, 2.45) is 0 Å². The Morgan fingerprint density at radius 2 is 1.54 bits per heavy atom. The van der Waals surface area contributed by atoms with E-state index in [0.29, 0.717) is 24.4 Å². The number of nitrogens with one attached hydrogen (secondary N) is 1. The summed E-state index contributed by atoms with van der Waals surface area (Å²) in [6.45, 7) is 1.28. The van der Waals surface area contributed by atoms with Gasteiger partial charge in [-0.15, -0.1) is 0 Å². The molecule has 0 aliphatic carbocycles. The maximum absolute atomic E-state index is 13.8. The van der Waals surface area contributed by atoms with Gasteiger partial charge in [-0.2, -0.15) is 0 Å². The molecule has 0 bridgehead atoms. The summed E-state index contributed by atoms with van der Waals surface area (Å²) in [5, 5.41) is 4.78. The Balaban J connectivity index is 1.63. The van der Waals surface area contributed by atoms with Crippen LogP contribution in [0, 0.1) is 0 Å². The molecule has 3 aromatic carbocycles. The number of nitrogens with zero attached hydrogens (tertiary/aromatic N) is 1. The molecule has 4 rings (SSSR count). The quantitative estimate of drug-likeness (QED) is 0.601. The van der Waals surface area contributed by atoms with Crippen LogP contribution in [0.1, 0.15) is 29.6 Å². The van der Waals surface area contributed by atoms with Gasteiger partial charge in [-0.25, -0.2) is 9.24 Å². The Bertz CT molecular complexity index is 1020. The van der Waals surface area contributed by atoms with Crippen molar-refractivity contribution >= 4 is 24.3 Å². The van der Waals surface area contributed by atoms with Crippen molar-refractivity contribution in [2.45, 2.75) is 19.3 Å². The lowest BCUT2D eigenvalue weighted by Gasteiger charge is -2.33. The van der Waals surface area contributed by atoms with Gasteiger partial charge in [-0.3, -0.25) is 9.88 Å². The summed E-state index contributed by atoms with van der Waals surface area (Å²) in [6.07, 6.45) is 2.97. The van der Waals surface area contributed by atoms with Crippen LogP contribution in [0.3, 0.4) is 0 Å². The average Bonchev–Trinajstić information content (AvgIpc) is 2.75. The lowest BCUT2D eigenvalue weighted by Crippen LogP contribution is -2.37. The maximum atomic E-state index is 13.8. The minimum Gasteiger partial charge on any atom is -0.418 e. The Kier molecular flexibility index (Phi) is 5.47. The first-order valence-corrected chi connectivity index (χ1v) is 11.1. The number of amides is 1. The van der Waals surface area contributed by atoms with E-state index in [0.717, 1.165) is 30.0 Å². The van der Waals surface area contributed by atoms with E-state index >= 15 is 0 Å². The Labute approximate surface area is 164 Å². The highest BCUT2D eigenvalue weighted by Gasteiger charge is 2.36. The molecule has 5 nitrogen and oxygen atoms in total. The molecule has 1 amide bonds. The molecule has 28 heavy (non-hydrogen) atoms. The van der Waals surface area contributed by atoms with Crippen LogP contribution in [0.2, 0.25) is 0 Å². The fourth-order valence-electron chi connectivity index (χ4n) is 3.44. The largest absolute Gasteiger partial charge is 0.422 e. The molecule has 1 atom stereocenters. The van der Waals surface area contributed by atoms with Gasteiger partial charge >= 0.3 is 7.67 Å². The molecule has 1 fully saturated rings. The number of carbonyl (C=O) groups excluding carboxylic acids is 1. The number of hydrogen-bond donors (Lipinski definition) is 1. The maximum Gasteiger partial charge on any atom is 0.422 e. The Morgan fingerprint density at radius 1 is 0.857 bits per heavy atom. The van der Waals surface area contributed by atoms with Crippen LogP contribution in [-0.4, -0.2) is 23.7 Å².